The molecule has 4 unspecified atom stereocenters. The molecule has 6 nitrogen and oxygen atoms in total. The van der Waals surface area contributed by atoms with Crippen LogP contribution in [-0.2, 0) is 14.3 Å². The van der Waals surface area contributed by atoms with Crippen LogP contribution in [0.15, 0.2) is 0 Å². The summed E-state index contributed by atoms with van der Waals surface area (Å²) in [6, 6.07) is 0.0363. The van der Waals surface area contributed by atoms with Gasteiger partial charge in [0.1, 0.15) is 0 Å². The molecule has 0 aromatic heterocycles. The normalized spacial score (nSPS) is 32.4. The number of carbonyl (C=O) groups is 2. The average molecular weight is 259 g/mol. The van der Waals surface area contributed by atoms with Crippen LogP contribution < -0.4 is 0 Å². The van der Waals surface area contributed by atoms with Crippen molar-refractivity contribution in [2.75, 3.05) is 14.1 Å². The number of carboxylic acids is 2. The molecule has 104 valence electrons. The molecule has 1 aliphatic rings. The zero-order valence-corrected chi connectivity index (χ0v) is 11.0. The maximum atomic E-state index is 10.9. The van der Waals surface area contributed by atoms with Gasteiger partial charge in [-0.05, 0) is 27.4 Å². The number of nitrogens with zero attached hydrogens (tertiary/aromatic N) is 1. The molecule has 0 spiro atoms. The van der Waals surface area contributed by atoms with E-state index in [1.807, 2.05) is 25.9 Å². The van der Waals surface area contributed by atoms with E-state index in [1.54, 1.807) is 0 Å². The van der Waals surface area contributed by atoms with Crippen molar-refractivity contribution >= 4 is 11.9 Å². The van der Waals surface area contributed by atoms with Gasteiger partial charge in [-0.3, -0.25) is 9.59 Å². The van der Waals surface area contributed by atoms with Gasteiger partial charge < -0.3 is 19.8 Å². The zero-order valence-electron chi connectivity index (χ0n) is 11.0. The van der Waals surface area contributed by atoms with E-state index in [0.29, 0.717) is 0 Å². The van der Waals surface area contributed by atoms with Gasteiger partial charge in [0, 0.05) is 12.0 Å². The first-order chi connectivity index (χ1) is 8.31. The van der Waals surface area contributed by atoms with Crippen molar-refractivity contribution < 1.29 is 24.5 Å². The number of carboxylic acid groups (broad SMARTS) is 2. The lowest BCUT2D eigenvalue weighted by molar-refractivity contribution is -0.157. The Morgan fingerprint density at radius 3 is 2.22 bits per heavy atom. The summed E-state index contributed by atoms with van der Waals surface area (Å²) in [5.74, 6) is -2.16. The molecule has 4 atom stereocenters. The van der Waals surface area contributed by atoms with Crippen molar-refractivity contribution in [2.45, 2.75) is 44.4 Å². The first-order valence-corrected chi connectivity index (χ1v) is 6.06. The molecule has 0 aromatic carbocycles. The molecule has 6 heteroatoms. The fourth-order valence-corrected chi connectivity index (χ4v) is 2.65. The highest BCUT2D eigenvalue weighted by molar-refractivity contribution is 5.69. The van der Waals surface area contributed by atoms with Crippen LogP contribution in [0.2, 0.25) is 0 Å². The molecule has 0 saturated carbocycles. The molecule has 0 bridgehead atoms. The lowest BCUT2D eigenvalue weighted by Crippen LogP contribution is -2.50. The number of hydrogen-bond donors (Lipinski definition) is 2. The van der Waals surface area contributed by atoms with E-state index in [0.717, 1.165) is 6.42 Å². The van der Waals surface area contributed by atoms with Crippen molar-refractivity contribution in [3.05, 3.63) is 0 Å². The van der Waals surface area contributed by atoms with E-state index < -0.39 is 18.0 Å². The van der Waals surface area contributed by atoms with Crippen molar-refractivity contribution in [3.63, 3.8) is 0 Å². The predicted octanol–water partition coefficient (Wildman–Crippen LogP) is 0.660. The average Bonchev–Trinajstić information content (AvgIpc) is 2.19. The molecule has 1 heterocycles. The van der Waals surface area contributed by atoms with Gasteiger partial charge in [0.15, 0.2) is 0 Å². The fraction of sp³-hybridized carbons (Fsp3) is 0.833. The van der Waals surface area contributed by atoms with E-state index >= 15 is 0 Å². The summed E-state index contributed by atoms with van der Waals surface area (Å²) in [5.41, 5.74) is 0. The summed E-state index contributed by atoms with van der Waals surface area (Å²) in [5, 5.41) is 17.8. The van der Waals surface area contributed by atoms with Gasteiger partial charge in [0.2, 0.25) is 0 Å². The van der Waals surface area contributed by atoms with Crippen LogP contribution in [0, 0.1) is 5.92 Å². The second-order valence-corrected chi connectivity index (χ2v) is 5.11. The van der Waals surface area contributed by atoms with E-state index in [2.05, 4.69) is 0 Å². The SMILES string of the molecule is CC1CC(N(C)C)C(CC(=O)O)C(CC(=O)O)O1. The summed E-state index contributed by atoms with van der Waals surface area (Å²) < 4.78 is 5.62. The van der Waals surface area contributed by atoms with Crippen molar-refractivity contribution in [3.8, 4) is 0 Å². The van der Waals surface area contributed by atoms with E-state index in [1.165, 1.54) is 0 Å². The fourth-order valence-electron chi connectivity index (χ4n) is 2.65. The summed E-state index contributed by atoms with van der Waals surface area (Å²) >= 11 is 0. The Morgan fingerprint density at radius 2 is 1.78 bits per heavy atom. The second-order valence-electron chi connectivity index (χ2n) is 5.11. The van der Waals surface area contributed by atoms with Crippen LogP contribution in [0.25, 0.3) is 0 Å². The summed E-state index contributed by atoms with van der Waals surface area (Å²) in [7, 11) is 3.77. The zero-order chi connectivity index (χ0) is 13.9. The van der Waals surface area contributed by atoms with E-state index in [4.69, 9.17) is 14.9 Å². The lowest BCUT2D eigenvalue weighted by Gasteiger charge is -2.43. The van der Waals surface area contributed by atoms with Gasteiger partial charge in [0.25, 0.3) is 0 Å². The molecule has 0 aromatic rings. The summed E-state index contributed by atoms with van der Waals surface area (Å²) in [4.78, 5) is 23.7. The first kappa shape index (κ1) is 14.9. The summed E-state index contributed by atoms with van der Waals surface area (Å²) in [6.45, 7) is 1.89. The van der Waals surface area contributed by atoms with Crippen molar-refractivity contribution in [2.24, 2.45) is 5.92 Å². The maximum absolute atomic E-state index is 10.9. The van der Waals surface area contributed by atoms with Gasteiger partial charge in [-0.25, -0.2) is 0 Å². The largest absolute Gasteiger partial charge is 0.481 e. The van der Waals surface area contributed by atoms with Crippen LogP contribution in [0.3, 0.4) is 0 Å². The van der Waals surface area contributed by atoms with Gasteiger partial charge in [-0.1, -0.05) is 0 Å². The van der Waals surface area contributed by atoms with Gasteiger partial charge in [-0.15, -0.1) is 0 Å². The Hall–Kier alpha value is -1.14. The third-order valence-electron chi connectivity index (χ3n) is 3.40. The van der Waals surface area contributed by atoms with Crippen molar-refractivity contribution in [1.29, 1.82) is 0 Å². The number of hydrogen-bond acceptors (Lipinski definition) is 4. The van der Waals surface area contributed by atoms with Crippen LogP contribution in [0.1, 0.15) is 26.2 Å². The standard InChI is InChI=1S/C12H21NO5/c1-7-4-9(13(2)3)8(5-11(14)15)10(18-7)6-12(16)17/h7-10H,4-6H2,1-3H3,(H,14,15)(H,16,17). The predicted molar refractivity (Wildman–Crippen MR) is 64.4 cm³/mol. The number of aliphatic carboxylic acids is 2. The van der Waals surface area contributed by atoms with Crippen molar-refractivity contribution in [1.82, 2.24) is 4.90 Å². The molecule has 0 amide bonds. The Morgan fingerprint density at radius 1 is 1.22 bits per heavy atom. The van der Waals surface area contributed by atoms with Crippen LogP contribution in [0.5, 0.6) is 0 Å². The smallest absolute Gasteiger partial charge is 0.305 e. The molecule has 1 rings (SSSR count). The maximum Gasteiger partial charge on any atom is 0.305 e. The molecule has 18 heavy (non-hydrogen) atoms. The molecule has 0 radical (unpaired) electrons. The minimum atomic E-state index is -0.956. The molecular formula is C12H21NO5. The minimum absolute atomic E-state index is 0.0363. The Labute approximate surface area is 107 Å². The van der Waals surface area contributed by atoms with Crippen LogP contribution in [-0.4, -0.2) is 59.4 Å². The van der Waals surface area contributed by atoms with Crippen LogP contribution >= 0.6 is 0 Å². The molecule has 1 aliphatic heterocycles. The third-order valence-corrected chi connectivity index (χ3v) is 3.40. The van der Waals surface area contributed by atoms with E-state index in [9.17, 15) is 9.59 Å². The highest BCUT2D eigenvalue weighted by atomic mass is 16.5. The monoisotopic (exact) mass is 259 g/mol. The Balaban J connectivity index is 2.87. The Bertz CT molecular complexity index is 318. The second kappa shape index (κ2) is 6.15. The molecule has 1 saturated heterocycles. The highest BCUT2D eigenvalue weighted by Gasteiger charge is 2.40. The minimum Gasteiger partial charge on any atom is -0.481 e. The lowest BCUT2D eigenvalue weighted by atomic mass is 9.82. The highest BCUT2D eigenvalue weighted by Crippen LogP contribution is 2.32. The molecular weight excluding hydrogens is 238 g/mol. The van der Waals surface area contributed by atoms with Crippen LogP contribution in [0.4, 0.5) is 0 Å². The number of rotatable bonds is 5. The van der Waals surface area contributed by atoms with Gasteiger partial charge in [0.05, 0.1) is 25.0 Å². The quantitative estimate of drug-likeness (QED) is 0.754. The molecule has 0 aliphatic carbocycles. The number of ether oxygens (including phenoxy) is 1. The Kier molecular flexibility index (Phi) is 5.10. The summed E-state index contributed by atoms with van der Waals surface area (Å²) in [6.07, 6.45) is -0.0668. The molecule has 1 fully saturated rings. The third kappa shape index (κ3) is 3.96. The topological polar surface area (TPSA) is 87.1 Å². The van der Waals surface area contributed by atoms with E-state index in [-0.39, 0.29) is 30.9 Å². The molecule has 2 N–H and O–H groups in total. The first-order valence-electron chi connectivity index (χ1n) is 6.06. The van der Waals surface area contributed by atoms with Gasteiger partial charge >= 0.3 is 11.9 Å². The van der Waals surface area contributed by atoms with Gasteiger partial charge in [-0.2, -0.15) is 0 Å².